The summed E-state index contributed by atoms with van der Waals surface area (Å²) in [6, 6.07) is 20.1. The number of benzene rings is 2. The molecule has 2 amide bonds. The molecule has 1 fully saturated rings. The maximum atomic E-state index is 14.1. The Morgan fingerprint density at radius 1 is 0.902 bits per heavy atom. The molecule has 9 nitrogen and oxygen atoms in total. The minimum absolute atomic E-state index is 0.0343. The molecule has 1 saturated heterocycles. The van der Waals surface area contributed by atoms with Crippen molar-refractivity contribution in [2.24, 2.45) is 7.05 Å². The molecule has 0 saturated carbocycles. The van der Waals surface area contributed by atoms with Crippen LogP contribution < -0.4 is 10.2 Å². The van der Waals surface area contributed by atoms with Crippen molar-refractivity contribution in [2.75, 3.05) is 31.1 Å². The van der Waals surface area contributed by atoms with Gasteiger partial charge in [-0.05, 0) is 42.3 Å². The third-order valence-electron chi connectivity index (χ3n) is 7.58. The van der Waals surface area contributed by atoms with Gasteiger partial charge in [-0.3, -0.25) is 14.6 Å². The number of hydrogen-bond acceptors (Lipinski definition) is 6. The van der Waals surface area contributed by atoms with Crippen molar-refractivity contribution in [3.05, 3.63) is 108 Å². The van der Waals surface area contributed by atoms with E-state index in [0.29, 0.717) is 38.5 Å². The summed E-state index contributed by atoms with van der Waals surface area (Å²) in [5, 5.41) is 3.83. The standard InChI is InChI=1S/C32H31N7O2/c1-22-8-9-27-25(18-22)29(30(37(27)2)24-6-4-3-5-7-24)32(41)39-16-14-38(15-17-39)28-21-34-26(20-35-28)31(40)36-19-23-10-12-33-13-11-23/h3-13,18,20-21H,14-17,19H2,1-2H3,(H,36,40). The lowest BCUT2D eigenvalue weighted by atomic mass is 10.0. The number of amides is 2. The maximum Gasteiger partial charge on any atom is 0.271 e. The summed E-state index contributed by atoms with van der Waals surface area (Å²) in [4.78, 5) is 43.4. The van der Waals surface area contributed by atoms with Gasteiger partial charge < -0.3 is 19.7 Å². The molecule has 5 aromatic rings. The van der Waals surface area contributed by atoms with Crippen molar-refractivity contribution in [3.8, 4) is 11.3 Å². The van der Waals surface area contributed by atoms with Crippen LogP contribution in [0, 0.1) is 6.92 Å². The van der Waals surface area contributed by atoms with Crippen molar-refractivity contribution >= 4 is 28.5 Å². The van der Waals surface area contributed by atoms with E-state index in [-0.39, 0.29) is 17.5 Å². The van der Waals surface area contributed by atoms with Gasteiger partial charge in [0, 0.05) is 63.1 Å². The van der Waals surface area contributed by atoms with Gasteiger partial charge in [0.25, 0.3) is 11.8 Å². The summed E-state index contributed by atoms with van der Waals surface area (Å²) >= 11 is 0. The van der Waals surface area contributed by atoms with Crippen molar-refractivity contribution in [1.82, 2.24) is 29.7 Å². The lowest BCUT2D eigenvalue weighted by Gasteiger charge is -2.35. The summed E-state index contributed by atoms with van der Waals surface area (Å²) in [6.07, 6.45) is 6.50. The van der Waals surface area contributed by atoms with Crippen LogP contribution in [-0.4, -0.2) is 62.4 Å². The highest BCUT2D eigenvalue weighted by Crippen LogP contribution is 2.35. The first-order valence-corrected chi connectivity index (χ1v) is 13.7. The van der Waals surface area contributed by atoms with Crippen LogP contribution in [0.5, 0.6) is 0 Å². The van der Waals surface area contributed by atoms with Crippen LogP contribution in [0.1, 0.15) is 32.0 Å². The molecular weight excluding hydrogens is 514 g/mol. The fraction of sp³-hybridized carbons (Fsp3) is 0.219. The van der Waals surface area contributed by atoms with Crippen molar-refractivity contribution < 1.29 is 9.59 Å². The molecule has 0 unspecified atom stereocenters. The minimum atomic E-state index is -0.282. The quantitative estimate of drug-likeness (QED) is 0.343. The number of aryl methyl sites for hydroxylation is 2. The molecule has 0 spiro atoms. The smallest absolute Gasteiger partial charge is 0.271 e. The number of piperazine rings is 1. The van der Waals surface area contributed by atoms with Crippen molar-refractivity contribution in [1.29, 1.82) is 0 Å². The summed E-state index contributed by atoms with van der Waals surface area (Å²) in [5.41, 5.74) is 6.07. The average Bonchev–Trinajstić information content (AvgIpc) is 3.31. The predicted octanol–water partition coefficient (Wildman–Crippen LogP) is 4.23. The van der Waals surface area contributed by atoms with Gasteiger partial charge in [-0.25, -0.2) is 9.97 Å². The van der Waals surface area contributed by atoms with Crippen LogP contribution in [0.25, 0.3) is 22.2 Å². The Balaban J connectivity index is 1.16. The van der Waals surface area contributed by atoms with Crippen LogP contribution in [0.15, 0.2) is 85.5 Å². The second-order valence-corrected chi connectivity index (χ2v) is 10.2. The van der Waals surface area contributed by atoms with Gasteiger partial charge in [-0.2, -0.15) is 0 Å². The Kier molecular flexibility index (Phi) is 7.16. The Morgan fingerprint density at radius 3 is 2.37 bits per heavy atom. The second-order valence-electron chi connectivity index (χ2n) is 10.2. The molecule has 0 aliphatic carbocycles. The van der Waals surface area contributed by atoms with Gasteiger partial charge >= 0.3 is 0 Å². The Morgan fingerprint density at radius 2 is 1.66 bits per heavy atom. The number of nitrogens with one attached hydrogen (secondary N) is 1. The number of nitrogens with zero attached hydrogens (tertiary/aromatic N) is 6. The molecule has 9 heteroatoms. The van der Waals surface area contributed by atoms with E-state index in [1.807, 2.05) is 42.3 Å². The number of aromatic nitrogens is 4. The molecule has 0 bridgehead atoms. The normalized spacial score (nSPS) is 13.4. The lowest BCUT2D eigenvalue weighted by Crippen LogP contribution is -2.49. The van der Waals surface area contributed by atoms with Crippen LogP contribution in [0.4, 0.5) is 5.82 Å². The van der Waals surface area contributed by atoms with Gasteiger partial charge in [0.1, 0.15) is 11.5 Å². The van der Waals surface area contributed by atoms with Crippen LogP contribution in [0.2, 0.25) is 0 Å². The molecule has 206 valence electrons. The van der Waals surface area contributed by atoms with E-state index < -0.39 is 0 Å². The van der Waals surface area contributed by atoms with Gasteiger partial charge in [0.05, 0.1) is 23.7 Å². The summed E-state index contributed by atoms with van der Waals surface area (Å²) in [5.74, 6) is 0.441. The number of hydrogen-bond donors (Lipinski definition) is 1. The molecule has 1 N–H and O–H groups in total. The summed E-state index contributed by atoms with van der Waals surface area (Å²) < 4.78 is 2.12. The largest absolute Gasteiger partial charge is 0.352 e. The van der Waals surface area contributed by atoms with Crippen molar-refractivity contribution in [3.63, 3.8) is 0 Å². The van der Waals surface area contributed by atoms with Crippen LogP contribution in [-0.2, 0) is 13.6 Å². The second kappa shape index (κ2) is 11.2. The first-order chi connectivity index (χ1) is 20.0. The summed E-state index contributed by atoms with van der Waals surface area (Å²) in [7, 11) is 2.02. The van der Waals surface area contributed by atoms with Gasteiger partial charge in [-0.1, -0.05) is 42.0 Å². The topological polar surface area (TPSA) is 96.2 Å². The highest BCUT2D eigenvalue weighted by Gasteiger charge is 2.29. The molecule has 0 radical (unpaired) electrons. The number of carbonyl (C=O) groups is 2. The molecular formula is C32H31N7O2. The fourth-order valence-electron chi connectivity index (χ4n) is 5.38. The monoisotopic (exact) mass is 545 g/mol. The molecule has 3 aromatic heterocycles. The van der Waals surface area contributed by atoms with E-state index in [9.17, 15) is 9.59 Å². The number of pyridine rings is 1. The predicted molar refractivity (Wildman–Crippen MR) is 159 cm³/mol. The zero-order chi connectivity index (χ0) is 28.3. The molecule has 41 heavy (non-hydrogen) atoms. The van der Waals surface area contributed by atoms with Gasteiger partial charge in [0.2, 0.25) is 0 Å². The zero-order valence-corrected chi connectivity index (χ0v) is 23.1. The molecule has 0 atom stereocenters. The van der Waals surface area contributed by atoms with E-state index in [4.69, 9.17) is 0 Å². The van der Waals surface area contributed by atoms with E-state index in [1.165, 1.54) is 6.20 Å². The molecule has 4 heterocycles. The first kappa shape index (κ1) is 26.2. The third-order valence-corrected chi connectivity index (χ3v) is 7.58. The maximum absolute atomic E-state index is 14.1. The van der Waals surface area contributed by atoms with Gasteiger partial charge in [0.15, 0.2) is 0 Å². The molecule has 2 aromatic carbocycles. The molecule has 1 aliphatic rings. The summed E-state index contributed by atoms with van der Waals surface area (Å²) in [6.45, 7) is 4.81. The van der Waals surface area contributed by atoms with Crippen molar-refractivity contribution in [2.45, 2.75) is 13.5 Å². The number of fused-ring (bicyclic) bond motifs is 1. The first-order valence-electron chi connectivity index (χ1n) is 13.7. The number of rotatable bonds is 6. The van der Waals surface area contributed by atoms with E-state index in [2.05, 4.69) is 67.0 Å². The minimum Gasteiger partial charge on any atom is -0.352 e. The molecule has 1 aliphatic heterocycles. The Hall–Kier alpha value is -5.05. The van der Waals surface area contributed by atoms with E-state index in [1.54, 1.807) is 18.6 Å². The lowest BCUT2D eigenvalue weighted by molar-refractivity contribution is 0.0748. The van der Waals surface area contributed by atoms with Crippen LogP contribution >= 0.6 is 0 Å². The Bertz CT molecular complexity index is 1690. The Labute approximate surface area is 238 Å². The molecule has 6 rings (SSSR count). The highest BCUT2D eigenvalue weighted by molar-refractivity contribution is 6.13. The van der Waals surface area contributed by atoms with E-state index >= 15 is 0 Å². The van der Waals surface area contributed by atoms with Crippen LogP contribution in [0.3, 0.4) is 0 Å². The number of carbonyl (C=O) groups excluding carboxylic acids is 2. The van der Waals surface area contributed by atoms with Gasteiger partial charge in [-0.15, -0.1) is 0 Å². The van der Waals surface area contributed by atoms with E-state index in [0.717, 1.165) is 38.9 Å². The SMILES string of the molecule is Cc1ccc2c(c1)c(C(=O)N1CCN(c3cnc(C(=O)NCc4ccncc4)cn3)CC1)c(-c1ccccc1)n2C. The number of anilines is 1. The average molecular weight is 546 g/mol. The highest BCUT2D eigenvalue weighted by atomic mass is 16.2. The third kappa shape index (κ3) is 5.26. The zero-order valence-electron chi connectivity index (χ0n) is 23.1. The fourth-order valence-corrected chi connectivity index (χ4v) is 5.38.